The van der Waals surface area contributed by atoms with Gasteiger partial charge >= 0.3 is 0 Å². The van der Waals surface area contributed by atoms with Crippen LogP contribution >= 0.6 is 0 Å². The van der Waals surface area contributed by atoms with Crippen molar-refractivity contribution in [1.29, 1.82) is 5.26 Å². The predicted octanol–water partition coefficient (Wildman–Crippen LogP) is 2.09. The topological polar surface area (TPSA) is 44.1 Å². The van der Waals surface area contributed by atoms with E-state index in [0.29, 0.717) is 6.54 Å². The number of carbonyl (C=O) groups is 1. The molecule has 1 aromatic rings. The van der Waals surface area contributed by atoms with Crippen molar-refractivity contribution in [1.82, 2.24) is 4.90 Å². The smallest absolute Gasteiger partial charge is 0.223 e. The summed E-state index contributed by atoms with van der Waals surface area (Å²) < 4.78 is 12.6. The highest BCUT2D eigenvalue weighted by atomic mass is 19.1. The summed E-state index contributed by atoms with van der Waals surface area (Å²) in [4.78, 5) is 13.0. The lowest BCUT2D eigenvalue weighted by Crippen LogP contribution is -2.25. The summed E-state index contributed by atoms with van der Waals surface area (Å²) in [5.74, 6) is -0.368. The summed E-state index contributed by atoms with van der Waals surface area (Å²) in [5.41, 5.74) is 0.870. The van der Waals surface area contributed by atoms with Gasteiger partial charge in [0.2, 0.25) is 5.91 Å². The first-order valence-electron chi connectivity index (χ1n) is 4.99. The third-order valence-electron chi connectivity index (χ3n) is 2.21. The number of nitrogens with zero attached hydrogens (tertiary/aromatic N) is 2. The van der Waals surface area contributed by atoms with Crippen LogP contribution in [0.4, 0.5) is 4.39 Å². The van der Waals surface area contributed by atoms with E-state index >= 15 is 0 Å². The molecule has 1 rings (SSSR count). The van der Waals surface area contributed by atoms with Gasteiger partial charge in [-0.05, 0) is 17.7 Å². The fraction of sp³-hybridized carbons (Fsp3) is 0.333. The number of benzene rings is 1. The van der Waals surface area contributed by atoms with Crippen molar-refractivity contribution < 1.29 is 9.18 Å². The van der Waals surface area contributed by atoms with E-state index in [1.165, 1.54) is 17.0 Å². The van der Waals surface area contributed by atoms with Gasteiger partial charge in [0.1, 0.15) is 5.82 Å². The van der Waals surface area contributed by atoms with Crippen molar-refractivity contribution in [3.63, 3.8) is 0 Å². The van der Waals surface area contributed by atoms with Gasteiger partial charge in [-0.1, -0.05) is 12.1 Å². The molecule has 0 unspecified atom stereocenters. The Bertz CT molecular complexity index is 394. The van der Waals surface area contributed by atoms with Crippen molar-refractivity contribution in [3.05, 3.63) is 35.6 Å². The van der Waals surface area contributed by atoms with Gasteiger partial charge in [-0.2, -0.15) is 5.26 Å². The van der Waals surface area contributed by atoms with Crippen LogP contribution in [-0.4, -0.2) is 17.9 Å². The molecule has 0 bridgehead atoms. The second-order valence-electron chi connectivity index (χ2n) is 3.53. The molecular weight excluding hydrogens is 207 g/mol. The Morgan fingerprint density at radius 3 is 2.62 bits per heavy atom. The maximum Gasteiger partial charge on any atom is 0.223 e. The number of carbonyl (C=O) groups excluding carboxylic acids is 1. The Hall–Kier alpha value is -1.89. The van der Waals surface area contributed by atoms with Crippen molar-refractivity contribution in [2.24, 2.45) is 0 Å². The normalized spacial score (nSPS) is 9.56. The molecule has 0 saturated carbocycles. The van der Waals surface area contributed by atoms with Crippen LogP contribution in [0.25, 0.3) is 0 Å². The monoisotopic (exact) mass is 220 g/mol. The molecular formula is C12H13FN2O. The van der Waals surface area contributed by atoms with E-state index in [0.717, 1.165) is 5.56 Å². The molecule has 0 spiro atoms. The predicted molar refractivity (Wildman–Crippen MR) is 57.7 cm³/mol. The molecule has 1 amide bonds. The third-order valence-corrected chi connectivity index (χ3v) is 2.21. The van der Waals surface area contributed by atoms with E-state index in [2.05, 4.69) is 0 Å². The first kappa shape index (κ1) is 12.2. The van der Waals surface area contributed by atoms with Gasteiger partial charge in [-0.25, -0.2) is 4.39 Å². The highest BCUT2D eigenvalue weighted by Crippen LogP contribution is 2.06. The zero-order valence-electron chi connectivity index (χ0n) is 9.11. The van der Waals surface area contributed by atoms with Gasteiger partial charge in [-0.3, -0.25) is 4.79 Å². The molecule has 0 aliphatic carbocycles. The second-order valence-corrected chi connectivity index (χ2v) is 3.53. The zero-order chi connectivity index (χ0) is 12.0. The van der Waals surface area contributed by atoms with Gasteiger partial charge in [0.25, 0.3) is 0 Å². The molecule has 1 aromatic carbocycles. The summed E-state index contributed by atoms with van der Waals surface area (Å²) in [7, 11) is 1.67. The lowest BCUT2D eigenvalue weighted by atomic mass is 10.2. The van der Waals surface area contributed by atoms with Crippen molar-refractivity contribution >= 4 is 5.91 Å². The Labute approximate surface area is 94.1 Å². The maximum atomic E-state index is 12.6. The van der Waals surface area contributed by atoms with Crippen LogP contribution in [0.5, 0.6) is 0 Å². The highest BCUT2D eigenvalue weighted by molar-refractivity contribution is 5.76. The van der Waals surface area contributed by atoms with Gasteiger partial charge in [0.15, 0.2) is 0 Å². The average molecular weight is 220 g/mol. The minimum Gasteiger partial charge on any atom is -0.341 e. The maximum absolute atomic E-state index is 12.6. The van der Waals surface area contributed by atoms with Crippen LogP contribution < -0.4 is 0 Å². The number of halogens is 1. The standard InChI is InChI=1S/C12H13FN2O/c1-15(12(16)3-2-8-14)9-10-4-6-11(13)7-5-10/h4-7H,2-3,9H2,1H3. The molecule has 84 valence electrons. The van der Waals surface area contributed by atoms with Crippen molar-refractivity contribution in [3.8, 4) is 6.07 Å². The molecule has 0 aromatic heterocycles. The molecule has 0 N–H and O–H groups in total. The zero-order valence-corrected chi connectivity index (χ0v) is 9.11. The second kappa shape index (κ2) is 5.86. The van der Waals surface area contributed by atoms with Crippen molar-refractivity contribution in [2.75, 3.05) is 7.05 Å². The number of rotatable bonds is 4. The molecule has 16 heavy (non-hydrogen) atoms. The Morgan fingerprint density at radius 1 is 1.44 bits per heavy atom. The van der Waals surface area contributed by atoms with Crippen LogP contribution in [0.1, 0.15) is 18.4 Å². The Morgan fingerprint density at radius 2 is 2.06 bits per heavy atom. The fourth-order valence-electron chi connectivity index (χ4n) is 1.31. The van der Waals surface area contributed by atoms with E-state index in [1.807, 2.05) is 6.07 Å². The van der Waals surface area contributed by atoms with Crippen LogP contribution in [0.15, 0.2) is 24.3 Å². The molecule has 0 saturated heterocycles. The molecule has 0 radical (unpaired) electrons. The van der Waals surface area contributed by atoms with E-state index in [-0.39, 0.29) is 24.6 Å². The lowest BCUT2D eigenvalue weighted by molar-refractivity contribution is -0.130. The van der Waals surface area contributed by atoms with Crippen LogP contribution in [0, 0.1) is 17.1 Å². The van der Waals surface area contributed by atoms with Gasteiger partial charge in [0, 0.05) is 26.4 Å². The molecule has 3 nitrogen and oxygen atoms in total. The quantitative estimate of drug-likeness (QED) is 0.779. The summed E-state index contributed by atoms with van der Waals surface area (Å²) >= 11 is 0. The minimum absolute atomic E-state index is 0.0779. The number of hydrogen-bond acceptors (Lipinski definition) is 2. The molecule has 4 heteroatoms. The number of hydrogen-bond donors (Lipinski definition) is 0. The first-order valence-corrected chi connectivity index (χ1v) is 4.99. The largest absolute Gasteiger partial charge is 0.341 e. The van der Waals surface area contributed by atoms with Crippen LogP contribution in [0.2, 0.25) is 0 Å². The summed E-state index contributed by atoms with van der Waals surface area (Å²) in [6.45, 7) is 0.435. The third kappa shape index (κ3) is 3.70. The SMILES string of the molecule is CN(Cc1ccc(F)cc1)C(=O)CCC#N. The summed E-state index contributed by atoms with van der Waals surface area (Å²) in [5, 5.41) is 8.35. The Balaban J connectivity index is 2.51. The molecule has 0 aliphatic rings. The van der Waals surface area contributed by atoms with E-state index in [1.54, 1.807) is 19.2 Å². The number of nitriles is 1. The van der Waals surface area contributed by atoms with E-state index in [9.17, 15) is 9.18 Å². The number of amides is 1. The van der Waals surface area contributed by atoms with E-state index in [4.69, 9.17) is 5.26 Å². The fourth-order valence-corrected chi connectivity index (χ4v) is 1.31. The molecule has 0 heterocycles. The Kier molecular flexibility index (Phi) is 4.46. The highest BCUT2D eigenvalue weighted by Gasteiger charge is 2.08. The van der Waals surface area contributed by atoms with Crippen LogP contribution in [0.3, 0.4) is 0 Å². The van der Waals surface area contributed by atoms with Gasteiger partial charge in [0.05, 0.1) is 6.07 Å². The molecule has 0 fully saturated rings. The molecule has 0 atom stereocenters. The van der Waals surface area contributed by atoms with E-state index < -0.39 is 0 Å². The average Bonchev–Trinajstić information content (AvgIpc) is 2.29. The minimum atomic E-state index is -0.290. The first-order chi connectivity index (χ1) is 7.63. The lowest BCUT2D eigenvalue weighted by Gasteiger charge is -2.16. The summed E-state index contributed by atoms with van der Waals surface area (Å²) in [6, 6.07) is 7.94. The molecule has 0 aliphatic heterocycles. The summed E-state index contributed by atoms with van der Waals surface area (Å²) in [6.07, 6.45) is 0.459. The van der Waals surface area contributed by atoms with Crippen molar-refractivity contribution in [2.45, 2.75) is 19.4 Å². The van der Waals surface area contributed by atoms with Crippen LogP contribution in [-0.2, 0) is 11.3 Å². The van der Waals surface area contributed by atoms with Gasteiger partial charge < -0.3 is 4.90 Å². The van der Waals surface area contributed by atoms with Gasteiger partial charge in [-0.15, -0.1) is 0 Å².